The Hall–Kier alpha value is -0.610. The number of hydrogen-bond acceptors (Lipinski definition) is 1. The summed E-state index contributed by atoms with van der Waals surface area (Å²) >= 11 is 8.94. The van der Waals surface area contributed by atoms with Gasteiger partial charge in [-0.05, 0) is 49.2 Å². The summed E-state index contributed by atoms with van der Waals surface area (Å²) in [5, 5.41) is 7.57. The van der Waals surface area contributed by atoms with Crippen molar-refractivity contribution in [3.8, 4) is 0 Å². The highest BCUT2D eigenvalue weighted by Gasteiger charge is 2.37. The third-order valence-electron chi connectivity index (χ3n) is 4.05. The summed E-state index contributed by atoms with van der Waals surface area (Å²) < 4.78 is 1.06. The smallest absolute Gasteiger partial charge is 0.171 e. The molecule has 0 spiro atoms. The van der Waals surface area contributed by atoms with Gasteiger partial charge < -0.3 is 10.6 Å². The number of hydrogen-bond donors (Lipinski definition) is 2. The van der Waals surface area contributed by atoms with E-state index in [1.165, 1.54) is 25.7 Å². The van der Waals surface area contributed by atoms with Gasteiger partial charge in [0, 0.05) is 15.7 Å². The fraction of sp³-hybridized carbons (Fsp3) is 0.533. The van der Waals surface area contributed by atoms with E-state index in [1.54, 1.807) is 0 Å². The van der Waals surface area contributed by atoms with Crippen molar-refractivity contribution in [2.75, 3.05) is 5.32 Å². The highest BCUT2D eigenvalue weighted by molar-refractivity contribution is 9.10. The Morgan fingerprint density at radius 3 is 2.58 bits per heavy atom. The standard InChI is InChI=1S/C15H21BrN2S/c1-11(2)15(8-3-4-9-15)18-14(19)17-13-7-5-6-12(16)10-13/h5-7,10-11H,3-4,8-9H2,1-2H3,(H2,17,18,19). The molecule has 1 aromatic rings. The predicted octanol–water partition coefficient (Wildman–Crippen LogP) is 4.70. The van der Waals surface area contributed by atoms with Gasteiger partial charge in [0.2, 0.25) is 0 Å². The zero-order chi connectivity index (χ0) is 13.9. The molecular weight excluding hydrogens is 320 g/mol. The molecule has 2 N–H and O–H groups in total. The topological polar surface area (TPSA) is 24.1 Å². The fourth-order valence-corrected chi connectivity index (χ4v) is 3.53. The summed E-state index contributed by atoms with van der Waals surface area (Å²) in [4.78, 5) is 0. The average molecular weight is 341 g/mol. The Balaban J connectivity index is 2.00. The van der Waals surface area contributed by atoms with Gasteiger partial charge >= 0.3 is 0 Å². The molecule has 0 atom stereocenters. The molecule has 2 rings (SSSR count). The minimum atomic E-state index is 0.177. The van der Waals surface area contributed by atoms with E-state index in [0.717, 1.165) is 15.3 Å². The van der Waals surface area contributed by atoms with Crippen molar-refractivity contribution in [3.05, 3.63) is 28.7 Å². The molecule has 1 saturated carbocycles. The molecule has 4 heteroatoms. The molecule has 0 unspecified atom stereocenters. The van der Waals surface area contributed by atoms with Crippen LogP contribution in [0.4, 0.5) is 5.69 Å². The molecule has 0 saturated heterocycles. The van der Waals surface area contributed by atoms with Crippen LogP contribution in [-0.4, -0.2) is 10.7 Å². The van der Waals surface area contributed by atoms with Crippen LogP contribution >= 0.6 is 28.1 Å². The lowest BCUT2D eigenvalue weighted by Crippen LogP contribution is -2.51. The van der Waals surface area contributed by atoms with Crippen molar-refractivity contribution >= 4 is 38.9 Å². The van der Waals surface area contributed by atoms with Crippen molar-refractivity contribution in [3.63, 3.8) is 0 Å². The number of thiocarbonyl (C=S) groups is 1. The van der Waals surface area contributed by atoms with E-state index in [-0.39, 0.29) is 5.54 Å². The van der Waals surface area contributed by atoms with Crippen LogP contribution in [0.5, 0.6) is 0 Å². The Bertz CT molecular complexity index is 453. The van der Waals surface area contributed by atoms with Crippen molar-refractivity contribution in [1.29, 1.82) is 0 Å². The van der Waals surface area contributed by atoms with Crippen molar-refractivity contribution in [1.82, 2.24) is 5.32 Å². The minimum absolute atomic E-state index is 0.177. The van der Waals surface area contributed by atoms with Gasteiger partial charge in [-0.1, -0.05) is 48.7 Å². The van der Waals surface area contributed by atoms with Crippen LogP contribution in [0.3, 0.4) is 0 Å². The zero-order valence-corrected chi connectivity index (χ0v) is 13.9. The van der Waals surface area contributed by atoms with E-state index >= 15 is 0 Å². The van der Waals surface area contributed by atoms with Crippen LogP contribution in [0.15, 0.2) is 28.7 Å². The first kappa shape index (κ1) is 14.8. The monoisotopic (exact) mass is 340 g/mol. The summed E-state index contributed by atoms with van der Waals surface area (Å²) in [6, 6.07) is 8.07. The SMILES string of the molecule is CC(C)C1(NC(=S)Nc2cccc(Br)c2)CCCC1. The van der Waals surface area contributed by atoms with E-state index in [9.17, 15) is 0 Å². The molecular formula is C15H21BrN2S. The average Bonchev–Trinajstić information content (AvgIpc) is 2.78. The molecule has 1 aromatic carbocycles. The lowest BCUT2D eigenvalue weighted by atomic mass is 9.85. The lowest BCUT2D eigenvalue weighted by Gasteiger charge is -2.35. The number of benzene rings is 1. The largest absolute Gasteiger partial charge is 0.357 e. The molecule has 1 aliphatic rings. The summed E-state index contributed by atoms with van der Waals surface area (Å²) in [7, 11) is 0. The van der Waals surface area contributed by atoms with E-state index in [4.69, 9.17) is 12.2 Å². The second-order valence-corrected chi connectivity index (χ2v) is 6.93. The van der Waals surface area contributed by atoms with Crippen LogP contribution in [0, 0.1) is 5.92 Å². The zero-order valence-electron chi connectivity index (χ0n) is 11.5. The Labute approximate surface area is 129 Å². The second-order valence-electron chi connectivity index (χ2n) is 5.61. The van der Waals surface area contributed by atoms with Gasteiger partial charge in [0.25, 0.3) is 0 Å². The molecule has 0 heterocycles. The minimum Gasteiger partial charge on any atom is -0.357 e. The fourth-order valence-electron chi connectivity index (χ4n) is 2.81. The molecule has 19 heavy (non-hydrogen) atoms. The Morgan fingerprint density at radius 1 is 1.32 bits per heavy atom. The highest BCUT2D eigenvalue weighted by Crippen LogP contribution is 2.35. The van der Waals surface area contributed by atoms with Crippen LogP contribution in [0.1, 0.15) is 39.5 Å². The highest BCUT2D eigenvalue weighted by atomic mass is 79.9. The van der Waals surface area contributed by atoms with E-state index in [2.05, 4.69) is 40.4 Å². The number of nitrogens with one attached hydrogen (secondary N) is 2. The molecule has 104 valence electrons. The summed E-state index contributed by atoms with van der Waals surface area (Å²) in [6.07, 6.45) is 5.02. The van der Waals surface area contributed by atoms with E-state index in [1.807, 2.05) is 24.3 Å². The van der Waals surface area contributed by atoms with Crippen molar-refractivity contribution in [2.45, 2.75) is 45.1 Å². The van der Waals surface area contributed by atoms with Crippen LogP contribution < -0.4 is 10.6 Å². The Kier molecular flexibility index (Phi) is 4.85. The maximum atomic E-state index is 5.47. The van der Waals surface area contributed by atoms with Gasteiger partial charge in [0.05, 0.1) is 0 Å². The van der Waals surface area contributed by atoms with Gasteiger partial charge in [-0.2, -0.15) is 0 Å². The molecule has 0 bridgehead atoms. The van der Waals surface area contributed by atoms with Crippen molar-refractivity contribution in [2.24, 2.45) is 5.92 Å². The molecule has 0 amide bonds. The van der Waals surface area contributed by atoms with Gasteiger partial charge in [0.15, 0.2) is 5.11 Å². The molecule has 0 radical (unpaired) electrons. The van der Waals surface area contributed by atoms with Gasteiger partial charge in [-0.25, -0.2) is 0 Å². The molecule has 0 aliphatic heterocycles. The van der Waals surface area contributed by atoms with E-state index < -0.39 is 0 Å². The number of rotatable bonds is 3. The van der Waals surface area contributed by atoms with Gasteiger partial charge in [0.1, 0.15) is 0 Å². The maximum Gasteiger partial charge on any atom is 0.171 e. The number of anilines is 1. The second kappa shape index (κ2) is 6.23. The summed E-state index contributed by atoms with van der Waals surface area (Å²) in [5.74, 6) is 0.595. The van der Waals surface area contributed by atoms with Crippen LogP contribution in [0.25, 0.3) is 0 Å². The molecule has 0 aromatic heterocycles. The molecule has 1 aliphatic carbocycles. The maximum absolute atomic E-state index is 5.47. The first-order valence-corrected chi connectivity index (χ1v) is 8.07. The normalized spacial score (nSPS) is 17.5. The molecule has 1 fully saturated rings. The third kappa shape index (κ3) is 3.69. The first-order chi connectivity index (χ1) is 9.02. The summed E-state index contributed by atoms with van der Waals surface area (Å²) in [6.45, 7) is 4.56. The van der Waals surface area contributed by atoms with E-state index in [0.29, 0.717) is 5.92 Å². The third-order valence-corrected chi connectivity index (χ3v) is 4.74. The molecule has 2 nitrogen and oxygen atoms in total. The predicted molar refractivity (Wildman–Crippen MR) is 89.5 cm³/mol. The van der Waals surface area contributed by atoms with Crippen LogP contribution in [0.2, 0.25) is 0 Å². The lowest BCUT2D eigenvalue weighted by molar-refractivity contribution is 0.283. The van der Waals surface area contributed by atoms with Gasteiger partial charge in [-0.3, -0.25) is 0 Å². The Morgan fingerprint density at radius 2 is 2.00 bits per heavy atom. The van der Waals surface area contributed by atoms with Gasteiger partial charge in [-0.15, -0.1) is 0 Å². The van der Waals surface area contributed by atoms with Crippen molar-refractivity contribution < 1.29 is 0 Å². The quantitative estimate of drug-likeness (QED) is 0.779. The van der Waals surface area contributed by atoms with Crippen LogP contribution in [-0.2, 0) is 0 Å². The number of halogens is 1. The first-order valence-electron chi connectivity index (χ1n) is 6.86. The summed E-state index contributed by atoms with van der Waals surface area (Å²) in [5.41, 5.74) is 1.19.